The number of carbonyl (C=O) groups excluding carboxylic acids is 3. The van der Waals surface area contributed by atoms with Gasteiger partial charge in [-0.3, -0.25) is 15.0 Å². The first kappa shape index (κ1) is 27.5. The fourth-order valence-electron chi connectivity index (χ4n) is 1.93. The number of aromatic nitrogens is 2. The molecule has 0 unspecified atom stereocenters. The van der Waals surface area contributed by atoms with Crippen LogP contribution in [0.3, 0.4) is 0 Å². The third-order valence-electron chi connectivity index (χ3n) is 2.86. The number of benzene rings is 1. The average Bonchev–Trinajstić information content (AvgIpc) is 2.97. The number of nitrogens with one attached hydrogen (secondary N) is 1. The number of alkyl halides is 3. The van der Waals surface area contributed by atoms with E-state index in [1.165, 1.54) is 24.3 Å². The third-order valence-corrected chi connectivity index (χ3v) is 3.13. The number of amides is 3. The van der Waals surface area contributed by atoms with Gasteiger partial charge in [0.1, 0.15) is 10.5 Å². The number of nitrogens with zero attached hydrogens (tertiary/aromatic N) is 3. The van der Waals surface area contributed by atoms with Crippen molar-refractivity contribution in [2.24, 2.45) is 0 Å². The zero-order valence-corrected chi connectivity index (χ0v) is 21.9. The van der Waals surface area contributed by atoms with Crippen LogP contribution in [0, 0.1) is 0 Å². The van der Waals surface area contributed by atoms with E-state index in [1.54, 1.807) is 11.5 Å². The number of hydrazine groups is 1. The summed E-state index contributed by atoms with van der Waals surface area (Å²) < 4.78 is 40.9. The Morgan fingerprint density at radius 2 is 1.63 bits per heavy atom. The molecule has 7 nitrogen and oxygen atoms in total. The molecule has 0 spiro atoms. The molecular formula is C13H7F3K2N4O3S2. The molecule has 0 aliphatic carbocycles. The van der Waals surface area contributed by atoms with Gasteiger partial charge >= 0.3 is 109 Å². The molecule has 1 N–H and O–H groups in total. The van der Waals surface area contributed by atoms with Gasteiger partial charge in [-0.15, -0.1) is 0 Å². The molecule has 0 saturated heterocycles. The van der Waals surface area contributed by atoms with Crippen molar-refractivity contribution in [3.63, 3.8) is 0 Å². The molecule has 1 aromatic carbocycles. The van der Waals surface area contributed by atoms with Crippen molar-refractivity contribution < 1.29 is 130 Å². The van der Waals surface area contributed by atoms with Crippen LogP contribution < -0.4 is 108 Å². The van der Waals surface area contributed by atoms with E-state index in [1.807, 2.05) is 0 Å². The molecule has 1 heterocycles. The molecule has 1 aromatic heterocycles. The summed E-state index contributed by atoms with van der Waals surface area (Å²) in [4.78, 5) is 34.4. The standard InChI is InChI=1S/C13H9F3N4O3S2.2K/c14-13(15,16)9-8(10(21)20(12(23)25)18-11(22)24)6-17-19(9)7-4-2-1-3-5-7;;/h1-6H,(H,23,25)(H2,18,22,24);;/q;2*+1/p-2. The zero-order chi connectivity index (χ0) is 18.8. The van der Waals surface area contributed by atoms with Crippen LogP contribution in [0.15, 0.2) is 36.5 Å². The van der Waals surface area contributed by atoms with E-state index < -0.39 is 33.8 Å². The number of imide groups is 1. The van der Waals surface area contributed by atoms with Crippen LogP contribution >= 0.6 is 0 Å². The van der Waals surface area contributed by atoms with Crippen molar-refractivity contribution in [3.05, 3.63) is 47.8 Å². The summed E-state index contributed by atoms with van der Waals surface area (Å²) in [5, 5.41) is 0.788. The van der Waals surface area contributed by atoms with Crippen LogP contribution in [-0.4, -0.2) is 31.2 Å². The second-order valence-corrected chi connectivity index (χ2v) is 5.18. The van der Waals surface area contributed by atoms with Crippen LogP contribution in [0.4, 0.5) is 22.8 Å². The van der Waals surface area contributed by atoms with Crippen molar-refractivity contribution in [2.45, 2.75) is 6.18 Å². The first-order valence-electron chi connectivity index (χ1n) is 6.36. The van der Waals surface area contributed by atoms with Gasteiger partial charge in [0.25, 0.3) is 5.91 Å². The molecule has 0 fully saturated rings. The van der Waals surface area contributed by atoms with Gasteiger partial charge in [-0.2, -0.15) is 18.3 Å². The van der Waals surface area contributed by atoms with Crippen molar-refractivity contribution in [1.82, 2.24) is 20.2 Å². The van der Waals surface area contributed by atoms with Gasteiger partial charge in [-0.1, -0.05) is 18.2 Å². The first-order chi connectivity index (χ1) is 11.6. The van der Waals surface area contributed by atoms with Crippen molar-refractivity contribution in [3.8, 4) is 5.69 Å². The molecule has 3 amide bonds. The Kier molecular flexibility index (Phi) is 11.9. The molecule has 2 aromatic rings. The Morgan fingerprint density at radius 3 is 2.07 bits per heavy atom. The van der Waals surface area contributed by atoms with E-state index in [9.17, 15) is 27.6 Å². The second-order valence-electron chi connectivity index (χ2n) is 4.46. The molecule has 14 heteroatoms. The maximum atomic E-state index is 13.5. The van der Waals surface area contributed by atoms with Gasteiger partial charge in [0.15, 0.2) is 5.69 Å². The molecule has 132 valence electrons. The van der Waals surface area contributed by atoms with Crippen LogP contribution in [0.2, 0.25) is 0 Å². The van der Waals surface area contributed by atoms with E-state index in [2.05, 4.69) is 30.4 Å². The Hall–Kier alpha value is 0.543. The number of hydrogen-bond donors (Lipinski definition) is 1. The number of rotatable bonds is 2. The minimum atomic E-state index is -4.98. The van der Waals surface area contributed by atoms with Crippen LogP contribution in [0.25, 0.3) is 5.69 Å². The van der Waals surface area contributed by atoms with Crippen LogP contribution in [-0.2, 0) is 31.4 Å². The van der Waals surface area contributed by atoms with Crippen LogP contribution in [0.5, 0.6) is 0 Å². The van der Waals surface area contributed by atoms with E-state index in [4.69, 9.17) is 0 Å². The van der Waals surface area contributed by atoms with Crippen LogP contribution in [0.1, 0.15) is 16.1 Å². The molecule has 0 saturated carbocycles. The summed E-state index contributed by atoms with van der Waals surface area (Å²) in [6.07, 6.45) is -4.36. The minimum absolute atomic E-state index is 0. The molecule has 0 radical (unpaired) electrons. The number of hydrogen-bond acceptors (Lipinski definition) is 6. The van der Waals surface area contributed by atoms with Gasteiger partial charge < -0.3 is 30.1 Å². The summed E-state index contributed by atoms with van der Waals surface area (Å²) in [5.41, 5.74) is -0.755. The predicted molar refractivity (Wildman–Crippen MR) is 83.4 cm³/mol. The largest absolute Gasteiger partial charge is 1.00 e. The fourth-order valence-corrected chi connectivity index (χ4v) is 2.15. The summed E-state index contributed by atoms with van der Waals surface area (Å²) in [7, 11) is 0. The van der Waals surface area contributed by atoms with Crippen molar-refractivity contribution in [2.75, 3.05) is 0 Å². The summed E-state index contributed by atoms with van der Waals surface area (Å²) in [5.74, 6) is -1.51. The zero-order valence-electron chi connectivity index (χ0n) is 14.0. The molecule has 0 atom stereocenters. The summed E-state index contributed by atoms with van der Waals surface area (Å²) in [6.45, 7) is 0. The van der Waals surface area contributed by atoms with Gasteiger partial charge in [0, 0.05) is 0 Å². The second kappa shape index (κ2) is 11.7. The minimum Gasteiger partial charge on any atom is -0.717 e. The molecular weight excluding hydrogens is 459 g/mol. The van der Waals surface area contributed by atoms with E-state index in [0.717, 1.165) is 0 Å². The van der Waals surface area contributed by atoms with E-state index >= 15 is 0 Å². The Bertz CT molecular complexity index is 834. The summed E-state index contributed by atoms with van der Waals surface area (Å²) in [6, 6.07) is 7.24. The van der Waals surface area contributed by atoms with Crippen molar-refractivity contribution in [1.29, 1.82) is 0 Å². The Balaban J connectivity index is 0.00000338. The summed E-state index contributed by atoms with van der Waals surface area (Å²) >= 11 is 8.37. The normalized spacial score (nSPS) is 10.2. The molecule has 2 rings (SSSR count). The quantitative estimate of drug-likeness (QED) is 0.278. The fraction of sp³-hybridized carbons (Fsp3) is 0.0769. The monoisotopic (exact) mass is 466 g/mol. The van der Waals surface area contributed by atoms with Crippen molar-refractivity contribution >= 4 is 41.6 Å². The molecule has 27 heavy (non-hydrogen) atoms. The molecule has 0 aliphatic heterocycles. The van der Waals surface area contributed by atoms with Gasteiger partial charge in [-0.05, 0) is 12.1 Å². The number of para-hydroxylation sites is 1. The maximum absolute atomic E-state index is 13.5. The Morgan fingerprint density at radius 1 is 1.07 bits per heavy atom. The molecule has 0 bridgehead atoms. The smallest absolute Gasteiger partial charge is 0.717 e. The van der Waals surface area contributed by atoms with Gasteiger partial charge in [0.2, 0.25) is 0 Å². The number of halogens is 3. The SMILES string of the molecule is O=C([S-])NN(C(=O)[S-])C(=O)c1cnn(-c2ccccc2)c1C(F)(F)F.[K+].[K+]. The topological polar surface area (TPSA) is 84.3 Å². The first-order valence-corrected chi connectivity index (χ1v) is 7.18. The van der Waals surface area contributed by atoms with Gasteiger partial charge in [-0.25, -0.2) is 9.69 Å². The predicted octanol–water partition coefficient (Wildman–Crippen LogP) is -3.82. The van der Waals surface area contributed by atoms with Gasteiger partial charge in [0.05, 0.1) is 17.4 Å². The Labute approximate surface area is 247 Å². The number of carbonyl (C=O) groups is 3. The molecule has 0 aliphatic rings. The maximum Gasteiger partial charge on any atom is 1.00 e. The van der Waals surface area contributed by atoms with E-state index in [-0.39, 0.29) is 113 Å². The third kappa shape index (κ3) is 7.07. The average molecular weight is 467 g/mol. The van der Waals surface area contributed by atoms with E-state index in [0.29, 0.717) is 10.9 Å².